The molecule has 140 valence electrons. The van der Waals surface area contributed by atoms with E-state index >= 15 is 0 Å². The minimum absolute atomic E-state index is 0.0381. The van der Waals surface area contributed by atoms with Crippen LogP contribution in [0.1, 0.15) is 18.9 Å². The van der Waals surface area contributed by atoms with E-state index in [9.17, 15) is 9.18 Å². The molecule has 0 spiro atoms. The predicted octanol–water partition coefficient (Wildman–Crippen LogP) is 3.71. The Morgan fingerprint density at radius 2 is 2.31 bits per heavy atom. The van der Waals surface area contributed by atoms with Crippen LogP contribution in [0.2, 0.25) is 0 Å². The van der Waals surface area contributed by atoms with Gasteiger partial charge in [-0.15, -0.1) is 6.58 Å². The third-order valence-electron chi connectivity index (χ3n) is 5.35. The molecule has 0 aromatic heterocycles. The van der Waals surface area contributed by atoms with Gasteiger partial charge >= 0.3 is 0 Å². The topological polar surface area (TPSA) is 44.8 Å². The zero-order valence-electron chi connectivity index (χ0n) is 14.9. The molecule has 3 rings (SSSR count). The first-order valence-electron chi connectivity index (χ1n) is 8.57. The number of ether oxygens (including phenoxy) is 3. The van der Waals surface area contributed by atoms with Gasteiger partial charge in [-0.05, 0) is 30.4 Å². The summed E-state index contributed by atoms with van der Waals surface area (Å²) in [6.07, 6.45) is 4.05. The molecule has 1 aromatic carbocycles. The number of halogens is 1. The Labute approximate surface area is 158 Å². The summed E-state index contributed by atoms with van der Waals surface area (Å²) >= 11 is 4.47. The molecule has 1 unspecified atom stereocenters. The number of ketones is 1. The number of fused-ring (bicyclic) bond motifs is 1. The maximum Gasteiger partial charge on any atom is 0.189 e. The third kappa shape index (κ3) is 3.28. The highest BCUT2D eigenvalue weighted by Gasteiger charge is 2.52. The van der Waals surface area contributed by atoms with Crippen LogP contribution in [-0.4, -0.2) is 30.5 Å². The van der Waals surface area contributed by atoms with E-state index in [1.54, 1.807) is 18.2 Å². The van der Waals surface area contributed by atoms with Crippen molar-refractivity contribution in [1.29, 1.82) is 0 Å². The first kappa shape index (κ1) is 19.0. The number of benzene rings is 1. The summed E-state index contributed by atoms with van der Waals surface area (Å²) in [5.74, 6) is 0.210. The number of allylic oxidation sites excluding steroid dienone is 1. The molecule has 1 aromatic rings. The lowest BCUT2D eigenvalue weighted by Crippen LogP contribution is -2.46. The van der Waals surface area contributed by atoms with Crippen LogP contribution < -0.4 is 4.74 Å². The fourth-order valence-corrected chi connectivity index (χ4v) is 3.99. The summed E-state index contributed by atoms with van der Waals surface area (Å²) in [7, 11) is 1.50. The molecule has 0 N–H and O–H groups in total. The van der Waals surface area contributed by atoms with Gasteiger partial charge < -0.3 is 14.2 Å². The van der Waals surface area contributed by atoms with Gasteiger partial charge in [-0.25, -0.2) is 4.39 Å². The van der Waals surface area contributed by atoms with Gasteiger partial charge in [-0.2, -0.15) is 12.6 Å². The molecule has 1 heterocycles. The Bertz CT molecular complexity index is 747. The lowest BCUT2D eigenvalue weighted by atomic mass is 9.71. The van der Waals surface area contributed by atoms with Gasteiger partial charge in [0.05, 0.1) is 7.11 Å². The van der Waals surface area contributed by atoms with Crippen molar-refractivity contribution < 1.29 is 23.4 Å². The molecule has 2 aliphatic rings. The summed E-state index contributed by atoms with van der Waals surface area (Å²) in [5.41, 5.74) is -0.184. The van der Waals surface area contributed by atoms with Crippen molar-refractivity contribution in [3.63, 3.8) is 0 Å². The van der Waals surface area contributed by atoms with Gasteiger partial charge in [0.2, 0.25) is 0 Å². The Kier molecular flexibility index (Phi) is 5.44. The lowest BCUT2D eigenvalue weighted by Gasteiger charge is -2.39. The van der Waals surface area contributed by atoms with E-state index in [2.05, 4.69) is 19.2 Å². The Hall–Kier alpha value is -1.79. The largest absolute Gasteiger partial charge is 0.497 e. The third-order valence-corrected chi connectivity index (χ3v) is 5.92. The lowest BCUT2D eigenvalue weighted by molar-refractivity contribution is -0.123. The van der Waals surface area contributed by atoms with Crippen LogP contribution in [0.15, 0.2) is 42.7 Å². The van der Waals surface area contributed by atoms with Crippen molar-refractivity contribution in [2.75, 3.05) is 13.9 Å². The smallest absolute Gasteiger partial charge is 0.189 e. The second-order valence-electron chi connectivity index (χ2n) is 6.81. The summed E-state index contributed by atoms with van der Waals surface area (Å²) in [6, 6.07) is 4.83. The Morgan fingerprint density at radius 3 is 2.96 bits per heavy atom. The second-order valence-corrected chi connectivity index (χ2v) is 7.40. The van der Waals surface area contributed by atoms with E-state index in [1.807, 2.05) is 6.92 Å². The summed E-state index contributed by atoms with van der Waals surface area (Å²) in [5, 5.41) is -0.272. The SMILES string of the molecule is C=CC(S)[C@H]1C[C@]2([C@H](C)Cc3ccc(OC)cc3F)OCOC2=CC1=O. The van der Waals surface area contributed by atoms with Gasteiger partial charge in [-0.1, -0.05) is 19.1 Å². The Balaban J connectivity index is 1.89. The number of carbonyl (C=O) groups excluding carboxylic acids is 1. The number of hydrogen-bond donors (Lipinski definition) is 1. The predicted molar refractivity (Wildman–Crippen MR) is 99.8 cm³/mol. The highest BCUT2D eigenvalue weighted by Crippen LogP contribution is 2.47. The fourth-order valence-electron chi connectivity index (χ4n) is 3.73. The van der Waals surface area contributed by atoms with Crippen molar-refractivity contribution in [2.24, 2.45) is 11.8 Å². The minimum atomic E-state index is -0.755. The summed E-state index contributed by atoms with van der Waals surface area (Å²) in [6.45, 7) is 5.81. The molecule has 1 saturated heterocycles. The van der Waals surface area contributed by atoms with Crippen molar-refractivity contribution in [3.8, 4) is 5.75 Å². The zero-order valence-corrected chi connectivity index (χ0v) is 15.8. The minimum Gasteiger partial charge on any atom is -0.497 e. The summed E-state index contributed by atoms with van der Waals surface area (Å²) in [4.78, 5) is 12.4. The second kappa shape index (κ2) is 7.45. The molecule has 0 bridgehead atoms. The maximum absolute atomic E-state index is 14.4. The highest BCUT2D eigenvalue weighted by molar-refractivity contribution is 7.81. The van der Waals surface area contributed by atoms with Gasteiger partial charge in [0.1, 0.15) is 22.9 Å². The van der Waals surface area contributed by atoms with Crippen molar-refractivity contribution >= 4 is 18.4 Å². The Morgan fingerprint density at radius 1 is 1.54 bits per heavy atom. The molecular formula is C20H23FO4S. The van der Waals surface area contributed by atoms with Crippen LogP contribution in [0, 0.1) is 17.7 Å². The fraction of sp³-hybridized carbons (Fsp3) is 0.450. The number of rotatable bonds is 6. The number of thiol groups is 1. The molecule has 0 radical (unpaired) electrons. The van der Waals surface area contributed by atoms with Crippen molar-refractivity contribution in [3.05, 3.63) is 54.1 Å². The molecule has 1 fully saturated rings. The van der Waals surface area contributed by atoms with E-state index in [-0.39, 0.29) is 35.5 Å². The quantitative estimate of drug-likeness (QED) is 0.605. The first-order chi connectivity index (χ1) is 12.4. The van der Waals surface area contributed by atoms with E-state index in [4.69, 9.17) is 14.2 Å². The monoisotopic (exact) mass is 378 g/mol. The van der Waals surface area contributed by atoms with E-state index in [0.717, 1.165) is 0 Å². The van der Waals surface area contributed by atoms with Crippen molar-refractivity contribution in [2.45, 2.75) is 30.6 Å². The average Bonchev–Trinajstić information content (AvgIpc) is 3.05. The molecule has 6 heteroatoms. The molecule has 1 aliphatic carbocycles. The van der Waals surface area contributed by atoms with E-state index in [0.29, 0.717) is 29.9 Å². The van der Waals surface area contributed by atoms with Gasteiger partial charge in [0.15, 0.2) is 12.6 Å². The van der Waals surface area contributed by atoms with E-state index < -0.39 is 5.60 Å². The molecule has 1 aliphatic heterocycles. The van der Waals surface area contributed by atoms with Crippen LogP contribution in [0.5, 0.6) is 5.75 Å². The molecule has 4 atom stereocenters. The maximum atomic E-state index is 14.4. The zero-order chi connectivity index (χ0) is 18.9. The van der Waals surface area contributed by atoms with Crippen LogP contribution in [0.4, 0.5) is 4.39 Å². The van der Waals surface area contributed by atoms with Gasteiger partial charge in [0, 0.05) is 23.3 Å². The molecule has 26 heavy (non-hydrogen) atoms. The van der Waals surface area contributed by atoms with Crippen molar-refractivity contribution in [1.82, 2.24) is 0 Å². The summed E-state index contributed by atoms with van der Waals surface area (Å²) < 4.78 is 31.0. The molecule has 4 nitrogen and oxygen atoms in total. The van der Waals surface area contributed by atoms with Crippen LogP contribution in [0.3, 0.4) is 0 Å². The van der Waals surface area contributed by atoms with E-state index in [1.165, 1.54) is 19.3 Å². The highest BCUT2D eigenvalue weighted by atomic mass is 32.1. The number of methoxy groups -OCH3 is 1. The first-order valence-corrected chi connectivity index (χ1v) is 9.08. The molecular weight excluding hydrogens is 355 g/mol. The van der Waals surface area contributed by atoms with Crippen LogP contribution >= 0.6 is 12.6 Å². The van der Waals surface area contributed by atoms with Crippen LogP contribution in [-0.2, 0) is 20.7 Å². The standard InChI is InChI=1S/C20H23FO4S/c1-4-18(26)15-10-20(19(9-17(15)22)24-11-25-20)12(2)7-13-5-6-14(23-3)8-16(13)21/h4-6,8-9,12,15,18,26H,1,7,10-11H2,2-3H3/t12-,15+,18?,20-/m1/s1. The number of hydrogen-bond acceptors (Lipinski definition) is 5. The number of carbonyl (C=O) groups is 1. The van der Waals surface area contributed by atoms with Crippen LogP contribution in [0.25, 0.3) is 0 Å². The molecule has 0 saturated carbocycles. The van der Waals surface area contributed by atoms with Gasteiger partial charge in [-0.3, -0.25) is 4.79 Å². The normalized spacial score (nSPS) is 27.2. The average molecular weight is 378 g/mol. The molecule has 0 amide bonds. The van der Waals surface area contributed by atoms with Gasteiger partial charge in [0.25, 0.3) is 0 Å².